The van der Waals surface area contributed by atoms with E-state index in [1.807, 2.05) is 0 Å². The molecule has 0 aliphatic carbocycles. The minimum absolute atomic E-state index is 1.13. The van der Waals surface area contributed by atoms with E-state index in [0.29, 0.717) is 0 Å². The molecular formula is C10H17N. The van der Waals surface area contributed by atoms with Crippen molar-refractivity contribution in [2.75, 3.05) is 13.1 Å². The van der Waals surface area contributed by atoms with E-state index in [4.69, 9.17) is 0 Å². The SMILES string of the molecule is CCC=CC=CN1CCCC1. The Morgan fingerprint density at radius 3 is 2.55 bits per heavy atom. The molecule has 1 rings (SSSR count). The van der Waals surface area contributed by atoms with E-state index in [2.05, 4.69) is 36.3 Å². The van der Waals surface area contributed by atoms with E-state index in [-0.39, 0.29) is 0 Å². The molecule has 62 valence electrons. The fraction of sp³-hybridized carbons (Fsp3) is 0.600. The molecule has 1 heteroatoms. The molecule has 11 heavy (non-hydrogen) atoms. The molecule has 0 unspecified atom stereocenters. The van der Waals surface area contributed by atoms with E-state index in [9.17, 15) is 0 Å². The van der Waals surface area contributed by atoms with Crippen molar-refractivity contribution in [3.05, 3.63) is 24.4 Å². The Balaban J connectivity index is 2.17. The van der Waals surface area contributed by atoms with Gasteiger partial charge in [-0.05, 0) is 31.5 Å². The second-order valence-electron chi connectivity index (χ2n) is 2.92. The fourth-order valence-electron chi connectivity index (χ4n) is 1.28. The third-order valence-electron chi connectivity index (χ3n) is 1.92. The summed E-state index contributed by atoms with van der Waals surface area (Å²) in [4.78, 5) is 2.38. The summed E-state index contributed by atoms with van der Waals surface area (Å²) in [7, 11) is 0. The molecule has 0 saturated carbocycles. The maximum absolute atomic E-state index is 2.38. The van der Waals surface area contributed by atoms with Gasteiger partial charge < -0.3 is 4.90 Å². The number of likely N-dealkylation sites (tertiary alicyclic amines) is 1. The maximum Gasteiger partial charge on any atom is 0.0173 e. The summed E-state index contributed by atoms with van der Waals surface area (Å²) < 4.78 is 0. The summed E-state index contributed by atoms with van der Waals surface area (Å²) in [6.45, 7) is 4.65. The number of hydrogen-bond donors (Lipinski definition) is 0. The van der Waals surface area contributed by atoms with Crippen molar-refractivity contribution in [3.8, 4) is 0 Å². The zero-order valence-corrected chi connectivity index (χ0v) is 7.29. The maximum atomic E-state index is 2.38. The zero-order valence-electron chi connectivity index (χ0n) is 7.29. The molecule has 0 spiro atoms. The molecule has 0 N–H and O–H groups in total. The highest BCUT2D eigenvalue weighted by atomic mass is 15.1. The first kappa shape index (κ1) is 8.38. The van der Waals surface area contributed by atoms with Crippen LogP contribution in [0.25, 0.3) is 0 Å². The van der Waals surface area contributed by atoms with Gasteiger partial charge in [-0.15, -0.1) is 0 Å². The quantitative estimate of drug-likeness (QED) is 0.560. The predicted octanol–water partition coefficient (Wildman–Crippen LogP) is 2.56. The van der Waals surface area contributed by atoms with Crippen molar-refractivity contribution in [1.29, 1.82) is 0 Å². The summed E-state index contributed by atoms with van der Waals surface area (Å²) in [6, 6.07) is 0. The van der Waals surface area contributed by atoms with Gasteiger partial charge in [-0.3, -0.25) is 0 Å². The lowest BCUT2D eigenvalue weighted by Crippen LogP contribution is -2.09. The average Bonchev–Trinajstić information content (AvgIpc) is 2.50. The van der Waals surface area contributed by atoms with Gasteiger partial charge in [0.2, 0.25) is 0 Å². The highest BCUT2D eigenvalue weighted by Gasteiger charge is 2.04. The van der Waals surface area contributed by atoms with E-state index in [1.165, 1.54) is 25.9 Å². The van der Waals surface area contributed by atoms with Crippen LogP contribution in [0.5, 0.6) is 0 Å². The van der Waals surface area contributed by atoms with Crippen LogP contribution in [-0.4, -0.2) is 18.0 Å². The van der Waals surface area contributed by atoms with Gasteiger partial charge in [0.1, 0.15) is 0 Å². The fourth-order valence-corrected chi connectivity index (χ4v) is 1.28. The molecular weight excluding hydrogens is 134 g/mol. The Labute approximate surface area is 69.4 Å². The number of rotatable bonds is 3. The van der Waals surface area contributed by atoms with Gasteiger partial charge in [-0.2, -0.15) is 0 Å². The van der Waals surface area contributed by atoms with E-state index in [0.717, 1.165) is 6.42 Å². The van der Waals surface area contributed by atoms with Crippen LogP contribution in [0.15, 0.2) is 24.4 Å². The minimum atomic E-state index is 1.13. The van der Waals surface area contributed by atoms with Crippen LogP contribution in [-0.2, 0) is 0 Å². The van der Waals surface area contributed by atoms with Crippen LogP contribution in [0.2, 0.25) is 0 Å². The first-order valence-electron chi connectivity index (χ1n) is 4.51. The van der Waals surface area contributed by atoms with Gasteiger partial charge in [-0.25, -0.2) is 0 Å². The van der Waals surface area contributed by atoms with E-state index >= 15 is 0 Å². The number of hydrogen-bond acceptors (Lipinski definition) is 1. The van der Waals surface area contributed by atoms with Gasteiger partial charge in [-0.1, -0.05) is 19.1 Å². The second-order valence-corrected chi connectivity index (χ2v) is 2.92. The number of allylic oxidation sites excluding steroid dienone is 3. The van der Waals surface area contributed by atoms with Crippen molar-refractivity contribution in [2.45, 2.75) is 26.2 Å². The lowest BCUT2D eigenvalue weighted by molar-refractivity contribution is 0.468. The Kier molecular flexibility index (Phi) is 3.81. The van der Waals surface area contributed by atoms with Crippen LogP contribution in [0.3, 0.4) is 0 Å². The molecule has 1 heterocycles. The largest absolute Gasteiger partial charge is 0.377 e. The predicted molar refractivity (Wildman–Crippen MR) is 49.4 cm³/mol. The molecule has 1 aliphatic rings. The minimum Gasteiger partial charge on any atom is -0.377 e. The third kappa shape index (κ3) is 3.26. The molecule has 1 fully saturated rings. The highest BCUT2D eigenvalue weighted by molar-refractivity contribution is 5.02. The standard InChI is InChI=1S/C10H17N/c1-2-3-4-5-8-11-9-6-7-10-11/h3-5,8H,2,6-7,9-10H2,1H3. The molecule has 0 amide bonds. The molecule has 1 aliphatic heterocycles. The van der Waals surface area contributed by atoms with Gasteiger partial charge in [0.15, 0.2) is 0 Å². The van der Waals surface area contributed by atoms with Crippen LogP contribution in [0.4, 0.5) is 0 Å². The molecule has 1 nitrogen and oxygen atoms in total. The Morgan fingerprint density at radius 1 is 1.18 bits per heavy atom. The van der Waals surface area contributed by atoms with Crippen LogP contribution in [0, 0.1) is 0 Å². The monoisotopic (exact) mass is 151 g/mol. The Morgan fingerprint density at radius 2 is 1.91 bits per heavy atom. The van der Waals surface area contributed by atoms with Crippen LogP contribution in [0.1, 0.15) is 26.2 Å². The molecule has 0 atom stereocenters. The van der Waals surface area contributed by atoms with E-state index in [1.54, 1.807) is 0 Å². The summed E-state index contributed by atoms with van der Waals surface area (Å²) in [5.74, 6) is 0. The summed E-state index contributed by atoms with van der Waals surface area (Å²) in [5.41, 5.74) is 0. The van der Waals surface area contributed by atoms with Gasteiger partial charge in [0.25, 0.3) is 0 Å². The van der Waals surface area contributed by atoms with Crippen LogP contribution >= 0.6 is 0 Å². The molecule has 0 aromatic rings. The van der Waals surface area contributed by atoms with Gasteiger partial charge in [0.05, 0.1) is 0 Å². The smallest absolute Gasteiger partial charge is 0.0173 e. The lowest BCUT2D eigenvalue weighted by Gasteiger charge is -2.08. The molecule has 0 bridgehead atoms. The molecule has 0 aromatic heterocycles. The van der Waals surface area contributed by atoms with Crippen molar-refractivity contribution in [2.24, 2.45) is 0 Å². The Bertz CT molecular complexity index is 141. The number of nitrogens with zero attached hydrogens (tertiary/aromatic N) is 1. The van der Waals surface area contributed by atoms with Crippen molar-refractivity contribution < 1.29 is 0 Å². The van der Waals surface area contributed by atoms with Crippen molar-refractivity contribution in [3.63, 3.8) is 0 Å². The summed E-state index contributed by atoms with van der Waals surface area (Å²) >= 11 is 0. The van der Waals surface area contributed by atoms with Crippen molar-refractivity contribution in [1.82, 2.24) is 4.90 Å². The van der Waals surface area contributed by atoms with Gasteiger partial charge in [0, 0.05) is 13.1 Å². The Hall–Kier alpha value is -0.720. The highest BCUT2D eigenvalue weighted by Crippen LogP contribution is 2.06. The van der Waals surface area contributed by atoms with E-state index < -0.39 is 0 Å². The second kappa shape index (κ2) is 5.00. The first-order chi connectivity index (χ1) is 5.43. The molecule has 1 saturated heterocycles. The normalized spacial score (nSPS) is 19.2. The van der Waals surface area contributed by atoms with Crippen LogP contribution < -0.4 is 0 Å². The molecule has 0 aromatic carbocycles. The zero-order chi connectivity index (χ0) is 7.94. The van der Waals surface area contributed by atoms with Gasteiger partial charge >= 0.3 is 0 Å². The first-order valence-corrected chi connectivity index (χ1v) is 4.51. The summed E-state index contributed by atoms with van der Waals surface area (Å²) in [5, 5.41) is 0. The average molecular weight is 151 g/mol. The summed E-state index contributed by atoms with van der Waals surface area (Å²) in [6.07, 6.45) is 12.5. The third-order valence-corrected chi connectivity index (χ3v) is 1.92. The van der Waals surface area contributed by atoms with Crippen molar-refractivity contribution >= 4 is 0 Å². The lowest BCUT2D eigenvalue weighted by atomic mass is 10.4. The topological polar surface area (TPSA) is 3.24 Å². The molecule has 0 radical (unpaired) electrons.